The average Bonchev–Trinajstić information content (AvgIpc) is 2.94. The van der Waals surface area contributed by atoms with Crippen LogP contribution in [0.3, 0.4) is 0 Å². The molecule has 0 unspecified atom stereocenters. The fourth-order valence-corrected chi connectivity index (χ4v) is 2.97. The van der Waals surface area contributed by atoms with Gasteiger partial charge in [0.05, 0.1) is 17.2 Å². The second kappa shape index (κ2) is 6.58. The summed E-state index contributed by atoms with van der Waals surface area (Å²) in [4.78, 5) is 12.4. The Kier molecular flexibility index (Phi) is 5.01. The topological polar surface area (TPSA) is 49.8 Å². The van der Waals surface area contributed by atoms with Gasteiger partial charge in [0, 0.05) is 18.7 Å². The van der Waals surface area contributed by atoms with Crippen molar-refractivity contribution in [3.63, 3.8) is 0 Å². The number of hydrogen-bond acceptors (Lipinski definition) is 2. The number of methoxy groups -OCH3 is 1. The molecule has 21 heavy (non-hydrogen) atoms. The number of halogens is 2. The molecule has 1 aliphatic heterocycles. The summed E-state index contributed by atoms with van der Waals surface area (Å²) < 4.78 is 5.32. The van der Waals surface area contributed by atoms with Crippen molar-refractivity contribution in [3.8, 4) is 5.75 Å². The lowest BCUT2D eigenvalue weighted by Gasteiger charge is -2.17. The highest BCUT2D eigenvalue weighted by Gasteiger charge is 2.28. The second-order valence-corrected chi connectivity index (χ2v) is 5.88. The standard InChI is InChI=1S/C15H17Cl2NO3/c1-9(10-5-6-18(8-10)15(19)20)7-11-13(21-2)4-3-12(16)14(11)17/h3-4,10H,1,5-8H2,2H3,(H,19,20)/t10-/m0/s1. The van der Waals surface area contributed by atoms with E-state index in [0.29, 0.717) is 35.3 Å². The molecule has 0 saturated carbocycles. The minimum atomic E-state index is -0.885. The van der Waals surface area contributed by atoms with Crippen LogP contribution in [0, 0.1) is 5.92 Å². The maximum Gasteiger partial charge on any atom is 0.407 e. The van der Waals surface area contributed by atoms with Crippen LogP contribution in [-0.4, -0.2) is 36.3 Å². The van der Waals surface area contributed by atoms with Crippen molar-refractivity contribution < 1.29 is 14.6 Å². The SMILES string of the molecule is C=C(Cc1c(OC)ccc(Cl)c1Cl)[C@H]1CCN(C(=O)O)C1. The van der Waals surface area contributed by atoms with Crippen molar-refractivity contribution >= 4 is 29.3 Å². The van der Waals surface area contributed by atoms with E-state index in [1.54, 1.807) is 19.2 Å². The first-order valence-corrected chi connectivity index (χ1v) is 7.36. The predicted octanol–water partition coefficient (Wildman–Crippen LogP) is 4.10. The number of nitrogens with zero attached hydrogens (tertiary/aromatic N) is 1. The predicted molar refractivity (Wildman–Crippen MR) is 83.6 cm³/mol. The van der Waals surface area contributed by atoms with Crippen LogP contribution < -0.4 is 4.74 Å². The summed E-state index contributed by atoms with van der Waals surface area (Å²) in [6, 6.07) is 3.46. The molecule has 0 bridgehead atoms. The summed E-state index contributed by atoms with van der Waals surface area (Å²) in [6.45, 7) is 5.12. The summed E-state index contributed by atoms with van der Waals surface area (Å²) in [5.41, 5.74) is 1.74. The van der Waals surface area contributed by atoms with Crippen LogP contribution in [0.2, 0.25) is 10.0 Å². The van der Waals surface area contributed by atoms with Gasteiger partial charge in [-0.15, -0.1) is 0 Å². The van der Waals surface area contributed by atoms with E-state index in [2.05, 4.69) is 6.58 Å². The molecule has 1 aromatic carbocycles. The van der Waals surface area contributed by atoms with Crippen molar-refractivity contribution in [3.05, 3.63) is 39.9 Å². The highest BCUT2D eigenvalue weighted by molar-refractivity contribution is 6.42. The van der Waals surface area contributed by atoms with Gasteiger partial charge in [0.1, 0.15) is 5.75 Å². The first-order chi connectivity index (χ1) is 9.93. The Bertz CT molecular complexity index is 574. The maximum absolute atomic E-state index is 11.0. The van der Waals surface area contributed by atoms with E-state index < -0.39 is 6.09 Å². The molecule has 0 aromatic heterocycles. The largest absolute Gasteiger partial charge is 0.496 e. The smallest absolute Gasteiger partial charge is 0.407 e. The van der Waals surface area contributed by atoms with Gasteiger partial charge in [-0.25, -0.2) is 4.79 Å². The van der Waals surface area contributed by atoms with E-state index in [9.17, 15) is 4.79 Å². The van der Waals surface area contributed by atoms with Crippen LogP contribution in [0.25, 0.3) is 0 Å². The van der Waals surface area contributed by atoms with Crippen LogP contribution >= 0.6 is 23.2 Å². The molecule has 1 aliphatic rings. The fourth-order valence-electron chi connectivity index (χ4n) is 2.57. The second-order valence-electron chi connectivity index (χ2n) is 5.09. The number of benzene rings is 1. The molecule has 0 radical (unpaired) electrons. The van der Waals surface area contributed by atoms with Gasteiger partial charge in [0.2, 0.25) is 0 Å². The molecule has 1 N–H and O–H groups in total. The van der Waals surface area contributed by atoms with Crippen molar-refractivity contribution in [1.29, 1.82) is 0 Å². The number of carboxylic acid groups (broad SMARTS) is 1. The first-order valence-electron chi connectivity index (χ1n) is 6.60. The van der Waals surface area contributed by atoms with Gasteiger partial charge in [-0.3, -0.25) is 0 Å². The van der Waals surface area contributed by atoms with E-state index in [4.69, 9.17) is 33.0 Å². The Morgan fingerprint density at radius 1 is 1.52 bits per heavy atom. The van der Waals surface area contributed by atoms with E-state index >= 15 is 0 Å². The number of hydrogen-bond donors (Lipinski definition) is 1. The Labute approximate surface area is 133 Å². The first kappa shape index (κ1) is 16.0. The van der Waals surface area contributed by atoms with Gasteiger partial charge in [0.15, 0.2) is 0 Å². The van der Waals surface area contributed by atoms with Crippen molar-refractivity contribution in [2.24, 2.45) is 5.92 Å². The van der Waals surface area contributed by atoms with Crippen LogP contribution in [-0.2, 0) is 6.42 Å². The minimum absolute atomic E-state index is 0.140. The van der Waals surface area contributed by atoms with Crippen molar-refractivity contribution in [2.75, 3.05) is 20.2 Å². The number of ether oxygens (including phenoxy) is 1. The maximum atomic E-state index is 11.0. The summed E-state index contributed by atoms with van der Waals surface area (Å²) in [6.07, 6.45) is 0.426. The molecule has 1 saturated heterocycles. The number of likely N-dealkylation sites (tertiary alicyclic amines) is 1. The third kappa shape index (κ3) is 3.44. The number of carbonyl (C=O) groups is 1. The Morgan fingerprint density at radius 2 is 2.24 bits per heavy atom. The van der Waals surface area contributed by atoms with E-state index in [1.807, 2.05) is 0 Å². The lowest BCUT2D eigenvalue weighted by molar-refractivity contribution is 0.154. The van der Waals surface area contributed by atoms with Gasteiger partial charge in [-0.05, 0) is 30.9 Å². The van der Waals surface area contributed by atoms with Gasteiger partial charge < -0.3 is 14.7 Å². The van der Waals surface area contributed by atoms with Crippen LogP contribution in [0.15, 0.2) is 24.3 Å². The van der Waals surface area contributed by atoms with Crippen LogP contribution in [0.1, 0.15) is 12.0 Å². The van der Waals surface area contributed by atoms with Gasteiger partial charge in [-0.1, -0.05) is 35.4 Å². The van der Waals surface area contributed by atoms with E-state index in [-0.39, 0.29) is 5.92 Å². The Hall–Kier alpha value is -1.39. The summed E-state index contributed by atoms with van der Waals surface area (Å²) >= 11 is 12.3. The lowest BCUT2D eigenvalue weighted by atomic mass is 9.93. The lowest BCUT2D eigenvalue weighted by Crippen LogP contribution is -2.26. The molecule has 1 heterocycles. The molecular weight excluding hydrogens is 313 g/mol. The quantitative estimate of drug-likeness (QED) is 0.846. The third-order valence-corrected chi connectivity index (χ3v) is 4.66. The van der Waals surface area contributed by atoms with Crippen molar-refractivity contribution in [2.45, 2.75) is 12.8 Å². The zero-order valence-electron chi connectivity index (χ0n) is 11.7. The van der Waals surface area contributed by atoms with E-state index in [1.165, 1.54) is 4.90 Å². The van der Waals surface area contributed by atoms with Crippen molar-refractivity contribution in [1.82, 2.24) is 4.90 Å². The third-order valence-electron chi connectivity index (χ3n) is 3.81. The molecular formula is C15H17Cl2NO3. The van der Waals surface area contributed by atoms with Crippen LogP contribution in [0.4, 0.5) is 4.79 Å². The molecule has 0 aliphatic carbocycles. The molecule has 1 aromatic rings. The van der Waals surface area contributed by atoms with Crippen LogP contribution in [0.5, 0.6) is 5.75 Å². The normalized spacial score (nSPS) is 17.9. The molecule has 4 nitrogen and oxygen atoms in total. The summed E-state index contributed by atoms with van der Waals surface area (Å²) in [5.74, 6) is 0.805. The average molecular weight is 330 g/mol. The van der Waals surface area contributed by atoms with Gasteiger partial charge in [0.25, 0.3) is 0 Å². The summed E-state index contributed by atoms with van der Waals surface area (Å²) in [7, 11) is 1.58. The molecule has 2 rings (SSSR count). The van der Waals surface area contributed by atoms with Gasteiger partial charge >= 0.3 is 6.09 Å². The monoisotopic (exact) mass is 329 g/mol. The fraction of sp³-hybridized carbons (Fsp3) is 0.400. The Morgan fingerprint density at radius 3 is 2.81 bits per heavy atom. The highest BCUT2D eigenvalue weighted by Crippen LogP contribution is 2.36. The van der Waals surface area contributed by atoms with Gasteiger partial charge in [-0.2, -0.15) is 0 Å². The zero-order chi connectivity index (χ0) is 15.6. The molecule has 1 fully saturated rings. The summed E-state index contributed by atoms with van der Waals surface area (Å²) in [5, 5.41) is 9.94. The highest BCUT2D eigenvalue weighted by atomic mass is 35.5. The molecule has 114 valence electrons. The molecule has 1 atom stereocenters. The Balaban J connectivity index is 2.14. The number of rotatable bonds is 4. The molecule has 1 amide bonds. The zero-order valence-corrected chi connectivity index (χ0v) is 13.2. The van der Waals surface area contributed by atoms with E-state index in [0.717, 1.165) is 17.6 Å². The number of amides is 1. The molecule has 6 heteroatoms. The minimum Gasteiger partial charge on any atom is -0.496 e. The molecule has 0 spiro atoms.